The van der Waals surface area contributed by atoms with Crippen LogP contribution < -0.4 is 5.32 Å². The van der Waals surface area contributed by atoms with E-state index in [1.165, 1.54) is 4.90 Å². The minimum Gasteiger partial charge on any atom is -0.335 e. The first-order valence-corrected chi connectivity index (χ1v) is 6.60. The van der Waals surface area contributed by atoms with Gasteiger partial charge in [-0.25, -0.2) is 4.39 Å². The van der Waals surface area contributed by atoms with Gasteiger partial charge in [-0.3, -0.25) is 4.79 Å². The average molecular weight is 341 g/mol. The molecule has 1 heterocycles. The van der Waals surface area contributed by atoms with E-state index >= 15 is 0 Å². The van der Waals surface area contributed by atoms with Gasteiger partial charge in [0.2, 0.25) is 0 Å². The Labute approximate surface area is 132 Å². The van der Waals surface area contributed by atoms with E-state index in [0.717, 1.165) is 0 Å². The summed E-state index contributed by atoms with van der Waals surface area (Å²) in [5, 5.41) is 3.20. The van der Waals surface area contributed by atoms with Gasteiger partial charge in [0.15, 0.2) is 0 Å². The Bertz CT molecular complexity index is 540. The molecular weight excluding hydrogens is 324 g/mol. The van der Waals surface area contributed by atoms with Crippen molar-refractivity contribution in [2.75, 3.05) is 13.1 Å². The van der Waals surface area contributed by atoms with E-state index in [9.17, 15) is 22.4 Å². The summed E-state index contributed by atoms with van der Waals surface area (Å²) in [6.45, 7) is 4.38. The first-order chi connectivity index (χ1) is 9.68. The molecule has 0 aromatic heterocycles. The number of hydrogen-bond donors (Lipinski definition) is 1. The van der Waals surface area contributed by atoms with Crippen LogP contribution >= 0.6 is 12.4 Å². The molecule has 2 atom stereocenters. The molecule has 8 heteroatoms. The molecule has 2 unspecified atom stereocenters. The molecule has 22 heavy (non-hydrogen) atoms. The number of benzene rings is 1. The van der Waals surface area contributed by atoms with Crippen LogP contribution in [0.15, 0.2) is 18.2 Å². The minimum absolute atomic E-state index is 0. The molecule has 0 saturated carbocycles. The SMILES string of the molecule is CC1CN(C(=O)c2cc(C(F)(F)F)ccc2F)CC(C)N1.Cl. The van der Waals surface area contributed by atoms with Gasteiger partial charge in [-0.05, 0) is 32.0 Å². The van der Waals surface area contributed by atoms with Crippen LogP contribution in [0.2, 0.25) is 0 Å². The molecule has 0 bridgehead atoms. The lowest BCUT2D eigenvalue weighted by atomic mass is 10.1. The third-order valence-corrected chi connectivity index (χ3v) is 3.37. The monoisotopic (exact) mass is 340 g/mol. The Morgan fingerprint density at radius 1 is 1.23 bits per heavy atom. The van der Waals surface area contributed by atoms with Crippen LogP contribution in [-0.2, 0) is 6.18 Å². The fourth-order valence-electron chi connectivity index (χ4n) is 2.53. The molecule has 2 rings (SSSR count). The smallest absolute Gasteiger partial charge is 0.335 e. The highest BCUT2D eigenvalue weighted by molar-refractivity contribution is 5.94. The van der Waals surface area contributed by atoms with Gasteiger partial charge in [-0.2, -0.15) is 13.2 Å². The van der Waals surface area contributed by atoms with E-state index in [1.807, 2.05) is 13.8 Å². The first-order valence-electron chi connectivity index (χ1n) is 6.60. The van der Waals surface area contributed by atoms with E-state index in [4.69, 9.17) is 0 Å². The zero-order chi connectivity index (χ0) is 15.8. The molecule has 1 aromatic rings. The Morgan fingerprint density at radius 2 is 1.77 bits per heavy atom. The molecule has 1 N–H and O–H groups in total. The van der Waals surface area contributed by atoms with Crippen LogP contribution in [0.25, 0.3) is 0 Å². The van der Waals surface area contributed by atoms with Gasteiger partial charge in [0.25, 0.3) is 5.91 Å². The summed E-state index contributed by atoms with van der Waals surface area (Å²) >= 11 is 0. The minimum atomic E-state index is -4.60. The topological polar surface area (TPSA) is 32.3 Å². The fraction of sp³-hybridized carbons (Fsp3) is 0.500. The number of piperazine rings is 1. The maximum Gasteiger partial charge on any atom is 0.416 e. The fourth-order valence-corrected chi connectivity index (χ4v) is 2.53. The molecule has 124 valence electrons. The molecule has 1 saturated heterocycles. The normalized spacial score (nSPS) is 22.2. The number of alkyl halides is 3. The standard InChI is InChI=1S/C14H16F4N2O.ClH/c1-8-6-20(7-9(2)19-8)13(21)11-5-10(14(16,17)18)3-4-12(11)15;/h3-5,8-9,19H,6-7H2,1-2H3;1H. The van der Waals surface area contributed by atoms with Crippen molar-refractivity contribution in [2.45, 2.75) is 32.1 Å². The second-order valence-corrected chi connectivity index (χ2v) is 5.37. The highest BCUT2D eigenvalue weighted by atomic mass is 35.5. The van der Waals surface area contributed by atoms with Gasteiger partial charge in [0.05, 0.1) is 11.1 Å². The van der Waals surface area contributed by atoms with E-state index in [-0.39, 0.29) is 24.5 Å². The summed E-state index contributed by atoms with van der Waals surface area (Å²) in [5.41, 5.74) is -1.56. The number of carbonyl (C=O) groups excluding carboxylic acids is 1. The molecule has 1 fully saturated rings. The van der Waals surface area contributed by atoms with Crippen LogP contribution in [0.1, 0.15) is 29.8 Å². The van der Waals surface area contributed by atoms with Crippen molar-refractivity contribution in [1.29, 1.82) is 0 Å². The Hall–Kier alpha value is -1.34. The lowest BCUT2D eigenvalue weighted by molar-refractivity contribution is -0.137. The predicted molar refractivity (Wildman–Crippen MR) is 76.6 cm³/mol. The van der Waals surface area contributed by atoms with Gasteiger partial charge in [-0.15, -0.1) is 12.4 Å². The quantitative estimate of drug-likeness (QED) is 0.797. The first kappa shape index (κ1) is 18.7. The number of halogens is 5. The molecule has 1 amide bonds. The molecule has 0 aliphatic carbocycles. The third kappa shape index (κ3) is 4.10. The summed E-state index contributed by atoms with van der Waals surface area (Å²) in [6.07, 6.45) is -4.60. The molecule has 3 nitrogen and oxygen atoms in total. The van der Waals surface area contributed by atoms with Crippen molar-refractivity contribution in [3.63, 3.8) is 0 Å². The Balaban J connectivity index is 0.00000242. The van der Waals surface area contributed by atoms with Crippen LogP contribution in [0.3, 0.4) is 0 Å². The zero-order valence-electron chi connectivity index (χ0n) is 12.1. The van der Waals surface area contributed by atoms with Crippen molar-refractivity contribution >= 4 is 18.3 Å². The van der Waals surface area contributed by atoms with E-state index in [0.29, 0.717) is 31.3 Å². The molecule has 0 radical (unpaired) electrons. The molecule has 0 spiro atoms. The summed E-state index contributed by atoms with van der Waals surface area (Å²) in [4.78, 5) is 13.7. The highest BCUT2D eigenvalue weighted by Crippen LogP contribution is 2.30. The van der Waals surface area contributed by atoms with E-state index in [1.54, 1.807) is 0 Å². The van der Waals surface area contributed by atoms with Gasteiger partial charge in [0, 0.05) is 25.2 Å². The van der Waals surface area contributed by atoms with Crippen molar-refractivity contribution in [2.24, 2.45) is 0 Å². The highest BCUT2D eigenvalue weighted by Gasteiger charge is 2.33. The number of nitrogens with zero attached hydrogens (tertiary/aromatic N) is 1. The number of hydrogen-bond acceptors (Lipinski definition) is 2. The van der Waals surface area contributed by atoms with Crippen LogP contribution in [0.5, 0.6) is 0 Å². The number of amides is 1. The molecule has 1 aliphatic heterocycles. The maximum absolute atomic E-state index is 13.7. The maximum atomic E-state index is 13.7. The summed E-state index contributed by atoms with van der Waals surface area (Å²) in [6, 6.07) is 1.91. The number of carbonyl (C=O) groups is 1. The summed E-state index contributed by atoms with van der Waals surface area (Å²) < 4.78 is 51.7. The molecule has 1 aliphatic rings. The second-order valence-electron chi connectivity index (χ2n) is 5.37. The van der Waals surface area contributed by atoms with Crippen molar-refractivity contribution in [3.8, 4) is 0 Å². The number of rotatable bonds is 1. The largest absolute Gasteiger partial charge is 0.416 e. The van der Waals surface area contributed by atoms with Crippen LogP contribution in [0, 0.1) is 5.82 Å². The lowest BCUT2D eigenvalue weighted by Crippen LogP contribution is -2.55. The van der Waals surface area contributed by atoms with E-state index in [2.05, 4.69) is 5.32 Å². The number of nitrogens with one attached hydrogen (secondary N) is 1. The van der Waals surface area contributed by atoms with Crippen LogP contribution in [0.4, 0.5) is 17.6 Å². The van der Waals surface area contributed by atoms with Crippen LogP contribution in [-0.4, -0.2) is 36.0 Å². The van der Waals surface area contributed by atoms with E-state index < -0.39 is 29.0 Å². The molecule has 1 aromatic carbocycles. The van der Waals surface area contributed by atoms with Gasteiger partial charge in [-0.1, -0.05) is 0 Å². The van der Waals surface area contributed by atoms with Crippen molar-refractivity contribution in [3.05, 3.63) is 35.1 Å². The zero-order valence-corrected chi connectivity index (χ0v) is 12.9. The van der Waals surface area contributed by atoms with Gasteiger partial charge < -0.3 is 10.2 Å². The third-order valence-electron chi connectivity index (χ3n) is 3.37. The predicted octanol–water partition coefficient (Wildman–Crippen LogP) is 3.09. The lowest BCUT2D eigenvalue weighted by Gasteiger charge is -2.36. The Morgan fingerprint density at radius 3 is 2.27 bits per heavy atom. The van der Waals surface area contributed by atoms with Gasteiger partial charge in [0.1, 0.15) is 5.82 Å². The summed E-state index contributed by atoms with van der Waals surface area (Å²) in [7, 11) is 0. The average Bonchev–Trinajstić information content (AvgIpc) is 2.36. The van der Waals surface area contributed by atoms with Crippen molar-refractivity contribution in [1.82, 2.24) is 10.2 Å². The second kappa shape index (κ2) is 6.83. The van der Waals surface area contributed by atoms with Crippen molar-refractivity contribution < 1.29 is 22.4 Å². The summed E-state index contributed by atoms with van der Waals surface area (Å²) in [5.74, 6) is -1.65. The van der Waals surface area contributed by atoms with Gasteiger partial charge >= 0.3 is 6.18 Å². The Kier molecular flexibility index (Phi) is 5.81. The molecular formula is C14H17ClF4N2O.